The standard InChI is InChI=1S/C13H22N2O2/c1-2-5-10(9-14)15-11(16)8-13(12(15)17)6-3-4-7-13/h10H,2-9,14H2,1H3. The Morgan fingerprint density at radius 2 is 2.00 bits per heavy atom. The van der Waals surface area contributed by atoms with E-state index in [0.717, 1.165) is 38.5 Å². The molecule has 96 valence electrons. The molecule has 2 aliphatic rings. The first-order valence-corrected chi connectivity index (χ1v) is 6.71. The molecule has 0 aromatic heterocycles. The van der Waals surface area contributed by atoms with Crippen LogP contribution >= 0.6 is 0 Å². The molecule has 1 aliphatic carbocycles. The normalized spacial score (nSPS) is 24.9. The molecule has 17 heavy (non-hydrogen) atoms. The van der Waals surface area contributed by atoms with E-state index in [-0.39, 0.29) is 23.3 Å². The Labute approximate surface area is 103 Å². The molecule has 0 bridgehead atoms. The molecule has 1 atom stereocenters. The van der Waals surface area contributed by atoms with Crippen LogP contribution in [0.15, 0.2) is 0 Å². The summed E-state index contributed by atoms with van der Waals surface area (Å²) < 4.78 is 0. The van der Waals surface area contributed by atoms with Crippen LogP contribution in [0.25, 0.3) is 0 Å². The van der Waals surface area contributed by atoms with E-state index in [2.05, 4.69) is 6.92 Å². The lowest BCUT2D eigenvalue weighted by Crippen LogP contribution is -2.45. The SMILES string of the molecule is CCCC(CN)N1C(=O)CC2(CCCC2)C1=O. The van der Waals surface area contributed by atoms with Crippen LogP contribution in [0.5, 0.6) is 0 Å². The molecular formula is C13H22N2O2. The van der Waals surface area contributed by atoms with E-state index < -0.39 is 0 Å². The minimum Gasteiger partial charge on any atom is -0.328 e. The third kappa shape index (κ3) is 1.99. The van der Waals surface area contributed by atoms with Crippen molar-refractivity contribution in [3.8, 4) is 0 Å². The molecule has 2 rings (SSSR count). The van der Waals surface area contributed by atoms with Crippen LogP contribution in [0.1, 0.15) is 51.9 Å². The molecule has 0 radical (unpaired) electrons. The fourth-order valence-corrected chi connectivity index (χ4v) is 3.32. The van der Waals surface area contributed by atoms with Crippen molar-refractivity contribution < 1.29 is 9.59 Å². The number of carbonyl (C=O) groups is 2. The van der Waals surface area contributed by atoms with E-state index in [4.69, 9.17) is 5.73 Å². The first-order chi connectivity index (χ1) is 8.14. The summed E-state index contributed by atoms with van der Waals surface area (Å²) in [6.07, 6.45) is 6.12. The lowest BCUT2D eigenvalue weighted by Gasteiger charge is -2.27. The molecule has 1 saturated heterocycles. The smallest absolute Gasteiger partial charge is 0.236 e. The second-order valence-corrected chi connectivity index (χ2v) is 5.41. The van der Waals surface area contributed by atoms with Crippen molar-refractivity contribution in [1.82, 2.24) is 4.90 Å². The van der Waals surface area contributed by atoms with Gasteiger partial charge in [-0.3, -0.25) is 14.5 Å². The Morgan fingerprint density at radius 1 is 1.35 bits per heavy atom. The maximum atomic E-state index is 12.5. The molecular weight excluding hydrogens is 216 g/mol. The van der Waals surface area contributed by atoms with E-state index in [0.29, 0.717) is 13.0 Å². The highest BCUT2D eigenvalue weighted by molar-refractivity contribution is 6.06. The topological polar surface area (TPSA) is 63.4 Å². The minimum absolute atomic E-state index is 0.000741. The summed E-state index contributed by atoms with van der Waals surface area (Å²) in [5, 5.41) is 0. The molecule has 2 amide bonds. The van der Waals surface area contributed by atoms with Crippen molar-refractivity contribution in [2.24, 2.45) is 11.1 Å². The van der Waals surface area contributed by atoms with Gasteiger partial charge in [0.1, 0.15) is 0 Å². The predicted octanol–water partition coefficient (Wildman–Crippen LogP) is 1.43. The van der Waals surface area contributed by atoms with Crippen LogP contribution in [0.2, 0.25) is 0 Å². The first-order valence-electron chi connectivity index (χ1n) is 6.71. The number of amides is 2. The van der Waals surface area contributed by atoms with Gasteiger partial charge in [-0.25, -0.2) is 0 Å². The summed E-state index contributed by atoms with van der Waals surface area (Å²) in [6, 6.07) is -0.0834. The zero-order chi connectivity index (χ0) is 12.5. The van der Waals surface area contributed by atoms with Crippen LogP contribution < -0.4 is 5.73 Å². The molecule has 4 heteroatoms. The molecule has 1 saturated carbocycles. The van der Waals surface area contributed by atoms with Gasteiger partial charge in [0, 0.05) is 13.0 Å². The zero-order valence-electron chi connectivity index (χ0n) is 10.6. The second-order valence-electron chi connectivity index (χ2n) is 5.41. The highest BCUT2D eigenvalue weighted by Gasteiger charge is 2.53. The van der Waals surface area contributed by atoms with Crippen molar-refractivity contribution in [2.45, 2.75) is 57.9 Å². The van der Waals surface area contributed by atoms with Crippen molar-refractivity contribution in [3.05, 3.63) is 0 Å². The molecule has 1 unspecified atom stereocenters. The van der Waals surface area contributed by atoms with Crippen LogP contribution in [-0.2, 0) is 9.59 Å². The number of hydrogen-bond donors (Lipinski definition) is 1. The fraction of sp³-hybridized carbons (Fsp3) is 0.846. The van der Waals surface area contributed by atoms with Crippen LogP contribution in [0.3, 0.4) is 0 Å². The van der Waals surface area contributed by atoms with Gasteiger partial charge >= 0.3 is 0 Å². The van der Waals surface area contributed by atoms with Gasteiger partial charge in [0.05, 0.1) is 11.5 Å². The molecule has 1 spiro atoms. The quantitative estimate of drug-likeness (QED) is 0.754. The fourth-order valence-electron chi connectivity index (χ4n) is 3.32. The van der Waals surface area contributed by atoms with E-state index in [1.807, 2.05) is 0 Å². The Balaban J connectivity index is 2.18. The highest BCUT2D eigenvalue weighted by Crippen LogP contribution is 2.47. The third-order valence-corrected chi connectivity index (χ3v) is 4.25. The van der Waals surface area contributed by atoms with Gasteiger partial charge in [-0.2, -0.15) is 0 Å². The molecule has 2 fully saturated rings. The molecule has 2 N–H and O–H groups in total. The highest BCUT2D eigenvalue weighted by atomic mass is 16.2. The average molecular weight is 238 g/mol. The zero-order valence-corrected chi connectivity index (χ0v) is 10.6. The maximum Gasteiger partial charge on any atom is 0.236 e. The van der Waals surface area contributed by atoms with Crippen molar-refractivity contribution in [3.63, 3.8) is 0 Å². The number of hydrogen-bond acceptors (Lipinski definition) is 3. The summed E-state index contributed by atoms with van der Waals surface area (Å²) in [4.78, 5) is 26.0. The lowest BCUT2D eigenvalue weighted by molar-refractivity contribution is -0.144. The van der Waals surface area contributed by atoms with Crippen molar-refractivity contribution in [1.29, 1.82) is 0 Å². The Morgan fingerprint density at radius 3 is 2.53 bits per heavy atom. The Bertz CT molecular complexity index is 321. The molecule has 0 aromatic carbocycles. The molecule has 1 heterocycles. The monoisotopic (exact) mass is 238 g/mol. The summed E-state index contributed by atoms with van der Waals surface area (Å²) in [7, 11) is 0. The lowest BCUT2D eigenvalue weighted by atomic mass is 9.84. The second kappa shape index (κ2) is 4.77. The number of nitrogens with two attached hydrogens (primary N) is 1. The Hall–Kier alpha value is -0.900. The Kier molecular flexibility index (Phi) is 3.52. The molecule has 4 nitrogen and oxygen atoms in total. The van der Waals surface area contributed by atoms with E-state index in [1.165, 1.54) is 4.90 Å². The van der Waals surface area contributed by atoms with E-state index >= 15 is 0 Å². The average Bonchev–Trinajstić information content (AvgIpc) is 2.85. The van der Waals surface area contributed by atoms with Gasteiger partial charge in [0.2, 0.25) is 11.8 Å². The van der Waals surface area contributed by atoms with Gasteiger partial charge in [-0.1, -0.05) is 26.2 Å². The summed E-state index contributed by atoms with van der Waals surface area (Å²) in [5.41, 5.74) is 5.36. The minimum atomic E-state index is -0.349. The number of carbonyl (C=O) groups excluding carboxylic acids is 2. The number of rotatable bonds is 4. The van der Waals surface area contributed by atoms with E-state index in [1.54, 1.807) is 0 Å². The largest absolute Gasteiger partial charge is 0.328 e. The van der Waals surface area contributed by atoms with Gasteiger partial charge in [-0.15, -0.1) is 0 Å². The predicted molar refractivity (Wildman–Crippen MR) is 65.1 cm³/mol. The van der Waals surface area contributed by atoms with Gasteiger partial charge in [-0.05, 0) is 19.3 Å². The number of imide groups is 1. The van der Waals surface area contributed by atoms with E-state index in [9.17, 15) is 9.59 Å². The van der Waals surface area contributed by atoms with Gasteiger partial charge in [0.15, 0.2) is 0 Å². The summed E-state index contributed by atoms with van der Waals surface area (Å²) in [6.45, 7) is 2.44. The van der Waals surface area contributed by atoms with Crippen LogP contribution in [-0.4, -0.2) is 29.3 Å². The summed E-state index contributed by atoms with van der Waals surface area (Å²) >= 11 is 0. The van der Waals surface area contributed by atoms with Crippen molar-refractivity contribution in [2.75, 3.05) is 6.54 Å². The van der Waals surface area contributed by atoms with Crippen LogP contribution in [0.4, 0.5) is 0 Å². The van der Waals surface area contributed by atoms with Gasteiger partial charge in [0.25, 0.3) is 0 Å². The van der Waals surface area contributed by atoms with Crippen molar-refractivity contribution >= 4 is 11.8 Å². The summed E-state index contributed by atoms with van der Waals surface area (Å²) in [5.74, 6) is 0.0599. The molecule has 0 aromatic rings. The van der Waals surface area contributed by atoms with Crippen LogP contribution in [0, 0.1) is 5.41 Å². The number of nitrogens with zero attached hydrogens (tertiary/aromatic N) is 1. The molecule has 1 aliphatic heterocycles. The van der Waals surface area contributed by atoms with Gasteiger partial charge < -0.3 is 5.73 Å². The maximum absolute atomic E-state index is 12.5. The first kappa shape index (κ1) is 12.6. The number of likely N-dealkylation sites (tertiary alicyclic amines) is 1. The third-order valence-electron chi connectivity index (χ3n) is 4.25.